The van der Waals surface area contributed by atoms with Gasteiger partial charge in [0.15, 0.2) is 0 Å². The van der Waals surface area contributed by atoms with E-state index in [-0.39, 0.29) is 18.0 Å². The van der Waals surface area contributed by atoms with Gasteiger partial charge in [-0.1, -0.05) is 37.8 Å². The van der Waals surface area contributed by atoms with Crippen LogP contribution in [0.4, 0.5) is 0 Å². The Morgan fingerprint density at radius 2 is 1.88 bits per heavy atom. The standard InChI is InChI=1S/C21H33NO2/c1-13-6-5-8-16(22-13)10-11-18-17-9-4-3-7-15(17)12-19-20(18)14(2)24-21(19)23/h10-11,13-20,22H,3-9,12H2,1-2H3/b11-10+/t13-,14+,15-,16+,17+,18+,19+,20-/m1/s1. The molecule has 0 aromatic rings. The largest absolute Gasteiger partial charge is 0.462 e. The Labute approximate surface area is 146 Å². The Morgan fingerprint density at radius 1 is 1.04 bits per heavy atom. The van der Waals surface area contributed by atoms with Crippen LogP contribution in [-0.2, 0) is 9.53 Å². The Bertz CT molecular complexity index is 502. The smallest absolute Gasteiger partial charge is 0.309 e. The van der Waals surface area contributed by atoms with Gasteiger partial charge in [-0.05, 0) is 57.3 Å². The van der Waals surface area contributed by atoms with E-state index in [4.69, 9.17) is 4.74 Å². The summed E-state index contributed by atoms with van der Waals surface area (Å²) in [6, 6.07) is 1.15. The third-order valence-electron chi connectivity index (χ3n) is 7.29. The number of piperidine rings is 1. The number of hydrogen-bond donors (Lipinski definition) is 1. The van der Waals surface area contributed by atoms with Crippen LogP contribution in [0.1, 0.15) is 65.2 Å². The van der Waals surface area contributed by atoms with Gasteiger partial charge in [-0.3, -0.25) is 4.79 Å². The summed E-state index contributed by atoms with van der Waals surface area (Å²) in [5.41, 5.74) is 0. The summed E-state index contributed by atoms with van der Waals surface area (Å²) in [5.74, 6) is 2.70. The highest BCUT2D eigenvalue weighted by atomic mass is 16.6. The van der Waals surface area contributed by atoms with Gasteiger partial charge < -0.3 is 10.1 Å². The molecule has 0 bridgehead atoms. The van der Waals surface area contributed by atoms with E-state index in [2.05, 4.69) is 31.3 Å². The first-order valence-electron chi connectivity index (χ1n) is 10.3. The van der Waals surface area contributed by atoms with Crippen LogP contribution in [0.2, 0.25) is 0 Å². The summed E-state index contributed by atoms with van der Waals surface area (Å²) < 4.78 is 5.66. The monoisotopic (exact) mass is 331 g/mol. The van der Waals surface area contributed by atoms with Gasteiger partial charge in [0.2, 0.25) is 0 Å². The second-order valence-corrected chi connectivity index (χ2v) is 8.84. The Hall–Kier alpha value is -0.830. The SMILES string of the molecule is C[C@@H]1CCC[C@@H](/C=C/[C@H]2[C@H]3CCCC[C@@H]3C[C@@H]3C(=O)O[C@@H](C)[C@H]23)N1. The fourth-order valence-electron chi connectivity index (χ4n) is 6.18. The lowest BCUT2D eigenvalue weighted by Crippen LogP contribution is -2.43. The molecule has 3 nitrogen and oxygen atoms in total. The second kappa shape index (κ2) is 6.82. The summed E-state index contributed by atoms with van der Waals surface area (Å²) in [4.78, 5) is 12.3. The van der Waals surface area contributed by atoms with E-state index in [0.717, 1.165) is 18.3 Å². The van der Waals surface area contributed by atoms with Crippen molar-refractivity contribution in [2.75, 3.05) is 0 Å². The Balaban J connectivity index is 1.55. The van der Waals surface area contributed by atoms with Crippen LogP contribution < -0.4 is 5.32 Å². The first-order chi connectivity index (χ1) is 11.6. The summed E-state index contributed by atoms with van der Waals surface area (Å²) in [7, 11) is 0. The summed E-state index contributed by atoms with van der Waals surface area (Å²) in [5, 5.41) is 3.72. The van der Waals surface area contributed by atoms with Gasteiger partial charge in [0.05, 0.1) is 5.92 Å². The zero-order chi connectivity index (χ0) is 16.7. The molecule has 4 fully saturated rings. The van der Waals surface area contributed by atoms with Crippen molar-refractivity contribution >= 4 is 5.97 Å². The molecular formula is C21H33NO2. The summed E-state index contributed by atoms with van der Waals surface area (Å²) in [6.07, 6.45) is 15.4. The highest BCUT2D eigenvalue weighted by Crippen LogP contribution is 2.53. The molecule has 0 radical (unpaired) electrons. The van der Waals surface area contributed by atoms with Crippen LogP contribution in [0.25, 0.3) is 0 Å². The number of carbonyl (C=O) groups is 1. The molecule has 3 heteroatoms. The summed E-state index contributed by atoms with van der Waals surface area (Å²) in [6.45, 7) is 4.41. The van der Waals surface area contributed by atoms with E-state index < -0.39 is 0 Å². The molecule has 0 aromatic carbocycles. The first-order valence-corrected chi connectivity index (χ1v) is 10.3. The number of allylic oxidation sites excluding steroid dienone is 1. The minimum Gasteiger partial charge on any atom is -0.462 e. The fraction of sp³-hybridized carbons (Fsp3) is 0.857. The lowest BCUT2D eigenvalue weighted by molar-refractivity contribution is -0.144. The fourth-order valence-corrected chi connectivity index (χ4v) is 6.18. The predicted molar refractivity (Wildman–Crippen MR) is 95.5 cm³/mol. The van der Waals surface area contributed by atoms with Gasteiger partial charge >= 0.3 is 5.97 Å². The van der Waals surface area contributed by atoms with Crippen molar-refractivity contribution in [1.82, 2.24) is 5.32 Å². The third kappa shape index (κ3) is 3.05. The zero-order valence-corrected chi connectivity index (χ0v) is 15.2. The van der Waals surface area contributed by atoms with Crippen LogP contribution >= 0.6 is 0 Å². The summed E-state index contributed by atoms with van der Waals surface area (Å²) >= 11 is 0. The molecule has 24 heavy (non-hydrogen) atoms. The highest BCUT2D eigenvalue weighted by molar-refractivity contribution is 5.75. The molecule has 1 N–H and O–H groups in total. The topological polar surface area (TPSA) is 38.3 Å². The average Bonchev–Trinajstić information content (AvgIpc) is 2.86. The number of fused-ring (bicyclic) bond motifs is 2. The predicted octanol–water partition coefficient (Wildman–Crippen LogP) is 4.08. The van der Waals surface area contributed by atoms with Gasteiger partial charge in [0.25, 0.3) is 0 Å². The minimum atomic E-state index is 0.0827. The maximum Gasteiger partial charge on any atom is 0.309 e. The molecule has 4 rings (SSSR count). The van der Waals surface area contributed by atoms with Crippen LogP contribution in [0.15, 0.2) is 12.2 Å². The highest BCUT2D eigenvalue weighted by Gasteiger charge is 2.53. The molecule has 0 amide bonds. The second-order valence-electron chi connectivity index (χ2n) is 8.84. The molecule has 2 aliphatic carbocycles. The maximum atomic E-state index is 12.3. The van der Waals surface area contributed by atoms with E-state index in [1.807, 2.05) is 0 Å². The Morgan fingerprint density at radius 3 is 2.71 bits per heavy atom. The van der Waals surface area contributed by atoms with Crippen molar-refractivity contribution in [2.24, 2.45) is 29.6 Å². The molecule has 0 unspecified atom stereocenters. The number of carbonyl (C=O) groups excluding carboxylic acids is 1. The van der Waals surface area contributed by atoms with E-state index in [9.17, 15) is 4.79 Å². The number of nitrogens with one attached hydrogen (secondary N) is 1. The van der Waals surface area contributed by atoms with Crippen LogP contribution in [-0.4, -0.2) is 24.2 Å². The van der Waals surface area contributed by atoms with Crippen molar-refractivity contribution in [3.05, 3.63) is 12.2 Å². The molecule has 134 valence electrons. The molecule has 2 saturated heterocycles. The molecule has 2 aliphatic heterocycles. The van der Waals surface area contributed by atoms with E-state index >= 15 is 0 Å². The third-order valence-corrected chi connectivity index (χ3v) is 7.29. The number of cyclic esters (lactones) is 1. The van der Waals surface area contributed by atoms with E-state index in [1.54, 1.807) is 0 Å². The van der Waals surface area contributed by atoms with Gasteiger partial charge in [0.1, 0.15) is 6.10 Å². The van der Waals surface area contributed by atoms with Gasteiger partial charge in [0, 0.05) is 18.0 Å². The molecule has 8 atom stereocenters. The molecule has 2 heterocycles. The molecule has 2 saturated carbocycles. The number of esters is 1. The average molecular weight is 332 g/mol. The van der Waals surface area contributed by atoms with Gasteiger partial charge in [-0.25, -0.2) is 0 Å². The number of ether oxygens (including phenoxy) is 1. The van der Waals surface area contributed by atoms with Crippen molar-refractivity contribution in [3.8, 4) is 0 Å². The lowest BCUT2D eigenvalue weighted by Gasteiger charge is -2.46. The molecule has 0 aromatic heterocycles. The zero-order valence-electron chi connectivity index (χ0n) is 15.2. The van der Waals surface area contributed by atoms with Crippen LogP contribution in [0.3, 0.4) is 0 Å². The lowest BCUT2D eigenvalue weighted by atomic mass is 9.57. The number of rotatable bonds is 2. The molecular weight excluding hydrogens is 298 g/mol. The quantitative estimate of drug-likeness (QED) is 0.612. The van der Waals surface area contributed by atoms with Gasteiger partial charge in [-0.2, -0.15) is 0 Å². The first kappa shape index (κ1) is 16.6. The Kier molecular flexibility index (Phi) is 4.73. The van der Waals surface area contributed by atoms with E-state index in [1.165, 1.54) is 44.9 Å². The van der Waals surface area contributed by atoms with Gasteiger partial charge in [-0.15, -0.1) is 0 Å². The number of hydrogen-bond acceptors (Lipinski definition) is 3. The van der Waals surface area contributed by atoms with E-state index in [0.29, 0.717) is 23.9 Å². The van der Waals surface area contributed by atoms with Crippen molar-refractivity contribution in [3.63, 3.8) is 0 Å². The van der Waals surface area contributed by atoms with Crippen molar-refractivity contribution in [2.45, 2.75) is 83.4 Å². The molecule has 4 aliphatic rings. The molecule has 0 spiro atoms. The normalized spacial score (nSPS) is 48.8. The minimum absolute atomic E-state index is 0.0827. The van der Waals surface area contributed by atoms with Crippen LogP contribution in [0, 0.1) is 29.6 Å². The van der Waals surface area contributed by atoms with Crippen LogP contribution in [0.5, 0.6) is 0 Å². The van der Waals surface area contributed by atoms with Crippen molar-refractivity contribution in [1.29, 1.82) is 0 Å². The maximum absolute atomic E-state index is 12.3. The van der Waals surface area contributed by atoms with Crippen molar-refractivity contribution < 1.29 is 9.53 Å².